The highest BCUT2D eigenvalue weighted by atomic mass is 16.3. The van der Waals surface area contributed by atoms with Crippen LogP contribution in [0.2, 0.25) is 0 Å². The average molecular weight is 678 g/mol. The summed E-state index contributed by atoms with van der Waals surface area (Å²) in [6.45, 7) is 4.70. The average Bonchev–Trinajstić information content (AvgIpc) is 3.69. The van der Waals surface area contributed by atoms with Crippen LogP contribution in [0.15, 0.2) is 180 Å². The molecular formula is C51H35NO. The molecule has 1 aromatic heterocycles. The quantitative estimate of drug-likeness (QED) is 0.172. The molecule has 1 aliphatic carbocycles. The van der Waals surface area contributed by atoms with Crippen LogP contribution in [0.4, 0.5) is 17.1 Å². The van der Waals surface area contributed by atoms with Crippen molar-refractivity contribution in [3.63, 3.8) is 0 Å². The Bertz CT molecular complexity index is 3090. The lowest BCUT2D eigenvalue weighted by molar-refractivity contribution is 0.660. The molecule has 0 N–H and O–H groups in total. The molecule has 0 fully saturated rings. The van der Waals surface area contributed by atoms with Crippen LogP contribution < -0.4 is 4.90 Å². The first kappa shape index (κ1) is 30.0. The van der Waals surface area contributed by atoms with Gasteiger partial charge in [-0.2, -0.15) is 0 Å². The molecule has 1 heterocycles. The molecule has 11 rings (SSSR count). The van der Waals surface area contributed by atoms with Crippen molar-refractivity contribution in [1.29, 1.82) is 0 Å². The van der Waals surface area contributed by atoms with Crippen molar-refractivity contribution >= 4 is 71.3 Å². The molecule has 1 aliphatic rings. The minimum atomic E-state index is -0.107. The van der Waals surface area contributed by atoms with Crippen LogP contribution in [-0.4, -0.2) is 0 Å². The summed E-state index contributed by atoms with van der Waals surface area (Å²) in [6, 6.07) is 64.3. The predicted octanol–water partition coefficient (Wildman–Crippen LogP) is 14.5. The maximum atomic E-state index is 6.26. The van der Waals surface area contributed by atoms with E-state index in [1.165, 1.54) is 65.7 Å². The number of rotatable bonds is 4. The van der Waals surface area contributed by atoms with E-state index >= 15 is 0 Å². The fourth-order valence-corrected chi connectivity index (χ4v) is 9.04. The predicted molar refractivity (Wildman–Crippen MR) is 224 cm³/mol. The first-order valence-corrected chi connectivity index (χ1v) is 18.4. The van der Waals surface area contributed by atoms with Crippen molar-refractivity contribution in [2.24, 2.45) is 0 Å². The van der Waals surface area contributed by atoms with Crippen molar-refractivity contribution in [2.45, 2.75) is 19.3 Å². The number of nitrogens with zero attached hydrogens (tertiary/aromatic N) is 1. The Morgan fingerprint density at radius 1 is 0.396 bits per heavy atom. The normalized spacial score (nSPS) is 13.2. The Labute approximate surface area is 308 Å². The molecule has 0 aliphatic heterocycles. The summed E-state index contributed by atoms with van der Waals surface area (Å²) < 4.78 is 6.26. The Kier molecular flexibility index (Phi) is 6.33. The highest BCUT2D eigenvalue weighted by Gasteiger charge is 2.35. The maximum Gasteiger partial charge on any atom is 0.135 e. The van der Waals surface area contributed by atoms with E-state index in [1.807, 2.05) is 12.1 Å². The van der Waals surface area contributed by atoms with Crippen molar-refractivity contribution in [2.75, 3.05) is 4.90 Å². The topological polar surface area (TPSA) is 16.4 Å². The van der Waals surface area contributed by atoms with E-state index in [1.54, 1.807) is 0 Å². The highest BCUT2D eigenvalue weighted by molar-refractivity contribution is 6.23. The summed E-state index contributed by atoms with van der Waals surface area (Å²) in [5.74, 6) is 0. The minimum absolute atomic E-state index is 0.107. The molecule has 0 amide bonds. The van der Waals surface area contributed by atoms with Gasteiger partial charge in [0.2, 0.25) is 0 Å². The van der Waals surface area contributed by atoms with Crippen LogP contribution in [0.1, 0.15) is 25.0 Å². The first-order valence-electron chi connectivity index (χ1n) is 18.4. The van der Waals surface area contributed by atoms with Crippen LogP contribution >= 0.6 is 0 Å². The van der Waals surface area contributed by atoms with E-state index in [2.05, 4.69) is 183 Å². The number of fused-ring (bicyclic) bond motifs is 11. The second-order valence-electron chi connectivity index (χ2n) is 14.9. The first-order chi connectivity index (χ1) is 26.0. The summed E-state index contributed by atoms with van der Waals surface area (Å²) in [5, 5.41) is 9.91. The molecule has 0 saturated heterocycles. The zero-order chi connectivity index (χ0) is 35.3. The van der Waals surface area contributed by atoms with Gasteiger partial charge < -0.3 is 9.32 Å². The van der Waals surface area contributed by atoms with Gasteiger partial charge in [0.05, 0.1) is 0 Å². The smallest absolute Gasteiger partial charge is 0.135 e. The molecule has 0 bridgehead atoms. The summed E-state index contributed by atoms with van der Waals surface area (Å²) in [4.78, 5) is 2.40. The summed E-state index contributed by atoms with van der Waals surface area (Å²) in [6.07, 6.45) is 0. The Hall–Kier alpha value is -6.64. The zero-order valence-corrected chi connectivity index (χ0v) is 29.6. The number of hydrogen-bond acceptors (Lipinski definition) is 2. The number of furan rings is 1. The number of anilines is 3. The standard InChI is InChI=1S/C51H35NO/c1-51(2)46-17-9-7-14-40(46)41-27-25-37(31-47(41)51)52(36-26-28-49-45(30-36)42-15-8-10-18-48(42)53-49)35-23-21-33(22-24-35)44-29-34-20-19-32-11-3-4-12-38(32)50(34)43-16-6-5-13-39(43)44/h3-31H,1-2H3. The maximum absolute atomic E-state index is 6.26. The van der Waals surface area contributed by atoms with E-state index in [-0.39, 0.29) is 5.41 Å². The fraction of sp³-hybridized carbons (Fsp3) is 0.0588. The lowest BCUT2D eigenvalue weighted by atomic mass is 9.82. The molecular weight excluding hydrogens is 643 g/mol. The molecule has 10 aromatic rings. The third-order valence-electron chi connectivity index (χ3n) is 11.6. The van der Waals surface area contributed by atoms with E-state index in [0.717, 1.165) is 39.0 Å². The van der Waals surface area contributed by atoms with Crippen LogP contribution in [0.3, 0.4) is 0 Å². The molecule has 2 nitrogen and oxygen atoms in total. The SMILES string of the molecule is CC1(C)c2ccccc2-c2ccc(N(c3ccc(-c4cc5ccc6ccccc6c5c5ccccc45)cc3)c3ccc4oc5ccccc5c4c3)cc21. The molecule has 0 unspecified atom stereocenters. The minimum Gasteiger partial charge on any atom is -0.456 e. The van der Waals surface area contributed by atoms with Crippen LogP contribution in [0.5, 0.6) is 0 Å². The second-order valence-corrected chi connectivity index (χ2v) is 14.9. The van der Waals surface area contributed by atoms with Crippen LogP contribution in [0, 0.1) is 0 Å². The van der Waals surface area contributed by atoms with Gasteiger partial charge in [0.15, 0.2) is 0 Å². The van der Waals surface area contributed by atoms with Gasteiger partial charge in [0.25, 0.3) is 0 Å². The summed E-state index contributed by atoms with van der Waals surface area (Å²) >= 11 is 0. The van der Waals surface area contributed by atoms with Crippen molar-refractivity contribution in [3.8, 4) is 22.3 Å². The Morgan fingerprint density at radius 3 is 1.89 bits per heavy atom. The molecule has 53 heavy (non-hydrogen) atoms. The molecule has 0 atom stereocenters. The summed E-state index contributed by atoms with van der Waals surface area (Å²) in [7, 11) is 0. The van der Waals surface area contributed by atoms with Crippen LogP contribution in [-0.2, 0) is 5.41 Å². The van der Waals surface area contributed by atoms with Gasteiger partial charge in [-0.25, -0.2) is 0 Å². The van der Waals surface area contributed by atoms with Crippen molar-refractivity contribution in [3.05, 3.63) is 187 Å². The van der Waals surface area contributed by atoms with Gasteiger partial charge in [-0.15, -0.1) is 0 Å². The van der Waals surface area contributed by atoms with E-state index in [4.69, 9.17) is 4.42 Å². The molecule has 9 aromatic carbocycles. The number of para-hydroxylation sites is 1. The fourth-order valence-electron chi connectivity index (χ4n) is 9.04. The van der Waals surface area contributed by atoms with Crippen molar-refractivity contribution in [1.82, 2.24) is 0 Å². The van der Waals surface area contributed by atoms with E-state index in [9.17, 15) is 0 Å². The zero-order valence-electron chi connectivity index (χ0n) is 29.6. The number of benzene rings is 9. The van der Waals surface area contributed by atoms with Gasteiger partial charge >= 0.3 is 0 Å². The molecule has 0 radical (unpaired) electrons. The van der Waals surface area contributed by atoms with Crippen molar-refractivity contribution < 1.29 is 4.42 Å². The number of hydrogen-bond donors (Lipinski definition) is 0. The molecule has 250 valence electrons. The lowest BCUT2D eigenvalue weighted by Gasteiger charge is -2.28. The molecule has 2 heteroatoms. The van der Waals surface area contributed by atoms with Gasteiger partial charge in [-0.1, -0.05) is 135 Å². The van der Waals surface area contributed by atoms with E-state index < -0.39 is 0 Å². The third-order valence-corrected chi connectivity index (χ3v) is 11.6. The van der Waals surface area contributed by atoms with Gasteiger partial charge in [0, 0.05) is 33.2 Å². The highest BCUT2D eigenvalue weighted by Crippen LogP contribution is 2.51. The Balaban J connectivity index is 1.09. The lowest BCUT2D eigenvalue weighted by Crippen LogP contribution is -2.16. The summed E-state index contributed by atoms with van der Waals surface area (Å²) in [5.41, 5.74) is 12.8. The molecule has 0 spiro atoms. The Morgan fingerprint density at radius 2 is 1.02 bits per heavy atom. The molecule has 0 saturated carbocycles. The third kappa shape index (κ3) is 4.45. The monoisotopic (exact) mass is 677 g/mol. The largest absolute Gasteiger partial charge is 0.456 e. The van der Waals surface area contributed by atoms with E-state index in [0.29, 0.717) is 0 Å². The van der Waals surface area contributed by atoms with Gasteiger partial charge in [0.1, 0.15) is 11.2 Å². The van der Waals surface area contributed by atoms with Crippen LogP contribution in [0.25, 0.3) is 76.5 Å². The van der Waals surface area contributed by atoms with Gasteiger partial charge in [-0.3, -0.25) is 0 Å². The van der Waals surface area contributed by atoms with Gasteiger partial charge in [-0.05, 0) is 120 Å². The second kappa shape index (κ2) is 11.2.